The molecule has 0 aromatic rings. The van der Waals surface area contributed by atoms with Gasteiger partial charge in [-0.3, -0.25) is 19.2 Å². The number of nitrogens with one attached hydrogen (secondary N) is 3. The molecular formula is C17H32N4O6. The van der Waals surface area contributed by atoms with Crippen LogP contribution in [0.5, 0.6) is 0 Å². The minimum absolute atomic E-state index is 0.316. The predicted octanol–water partition coefficient (Wildman–Crippen LogP) is -1.43. The van der Waals surface area contributed by atoms with Crippen molar-refractivity contribution in [2.45, 2.75) is 71.8 Å². The Kier molecular flexibility index (Phi) is 9.95. The summed E-state index contributed by atoms with van der Waals surface area (Å²) in [5, 5.41) is 25.7. The molecule has 0 bridgehead atoms. The standard InChI is InChI=1S/C17H32N4O6/c1-7(2)12(15(24)19-9(5)17(26)27)21-16(25)13(8(3)4)20-14(23)11(18)10(6)22/h7-13,22H,18H2,1-6H3,(H,19,24)(H,20,23)(H,21,25)(H,26,27). The van der Waals surface area contributed by atoms with E-state index in [9.17, 15) is 24.3 Å². The topological polar surface area (TPSA) is 171 Å². The molecule has 0 rings (SSSR count). The number of hydrogen-bond donors (Lipinski definition) is 6. The summed E-state index contributed by atoms with van der Waals surface area (Å²) in [5.74, 6) is -3.77. The van der Waals surface area contributed by atoms with Crippen LogP contribution >= 0.6 is 0 Å². The van der Waals surface area contributed by atoms with Crippen molar-refractivity contribution in [3.63, 3.8) is 0 Å². The maximum Gasteiger partial charge on any atom is 0.325 e. The summed E-state index contributed by atoms with van der Waals surface area (Å²) < 4.78 is 0. The van der Waals surface area contributed by atoms with Crippen molar-refractivity contribution in [1.29, 1.82) is 0 Å². The summed E-state index contributed by atoms with van der Waals surface area (Å²) in [6.07, 6.45) is -1.09. The fraction of sp³-hybridized carbons (Fsp3) is 0.765. The SMILES string of the molecule is CC(NC(=O)C(NC(=O)C(NC(=O)C(N)C(C)O)C(C)C)C(C)C)C(=O)O. The van der Waals surface area contributed by atoms with E-state index in [0.717, 1.165) is 0 Å². The largest absolute Gasteiger partial charge is 0.480 e. The van der Waals surface area contributed by atoms with Crippen LogP contribution in [0, 0.1) is 11.8 Å². The second-order valence-electron chi connectivity index (χ2n) is 7.30. The van der Waals surface area contributed by atoms with E-state index in [4.69, 9.17) is 10.8 Å². The van der Waals surface area contributed by atoms with E-state index in [0.29, 0.717) is 0 Å². The summed E-state index contributed by atoms with van der Waals surface area (Å²) in [7, 11) is 0. The number of aliphatic carboxylic acids is 1. The third-order valence-corrected chi connectivity index (χ3v) is 4.05. The molecule has 0 aliphatic heterocycles. The van der Waals surface area contributed by atoms with Crippen LogP contribution in [-0.4, -0.2) is 64.2 Å². The molecular weight excluding hydrogens is 356 g/mol. The van der Waals surface area contributed by atoms with Crippen molar-refractivity contribution in [1.82, 2.24) is 16.0 Å². The molecule has 0 aliphatic carbocycles. The Morgan fingerprint density at radius 3 is 1.44 bits per heavy atom. The van der Waals surface area contributed by atoms with Gasteiger partial charge in [0.25, 0.3) is 0 Å². The maximum absolute atomic E-state index is 12.6. The molecule has 0 aromatic carbocycles. The summed E-state index contributed by atoms with van der Waals surface area (Å²) in [6.45, 7) is 9.47. The average molecular weight is 388 g/mol. The molecule has 0 heterocycles. The minimum Gasteiger partial charge on any atom is -0.480 e. The van der Waals surface area contributed by atoms with Gasteiger partial charge in [0.2, 0.25) is 17.7 Å². The number of aliphatic hydroxyl groups is 1. The lowest BCUT2D eigenvalue weighted by molar-refractivity contribution is -0.142. The molecule has 3 amide bonds. The summed E-state index contributed by atoms with van der Waals surface area (Å²) in [4.78, 5) is 47.9. The van der Waals surface area contributed by atoms with E-state index in [1.807, 2.05) is 0 Å². The average Bonchev–Trinajstić information content (AvgIpc) is 2.54. The van der Waals surface area contributed by atoms with E-state index in [2.05, 4.69) is 16.0 Å². The smallest absolute Gasteiger partial charge is 0.325 e. The first kappa shape index (κ1) is 24.8. The van der Waals surface area contributed by atoms with Crippen LogP contribution < -0.4 is 21.7 Å². The van der Waals surface area contributed by atoms with Crippen LogP contribution in [0.1, 0.15) is 41.5 Å². The van der Waals surface area contributed by atoms with Gasteiger partial charge in [-0.1, -0.05) is 27.7 Å². The number of carboxylic acid groups (broad SMARTS) is 1. The van der Waals surface area contributed by atoms with Crippen molar-refractivity contribution in [2.75, 3.05) is 0 Å². The van der Waals surface area contributed by atoms with Crippen LogP contribution in [0.4, 0.5) is 0 Å². The molecule has 5 unspecified atom stereocenters. The Labute approximate surface area is 159 Å². The molecule has 156 valence electrons. The molecule has 0 fully saturated rings. The van der Waals surface area contributed by atoms with Crippen LogP contribution in [0.15, 0.2) is 0 Å². The zero-order chi connectivity index (χ0) is 21.5. The van der Waals surface area contributed by atoms with Gasteiger partial charge in [-0.25, -0.2) is 0 Å². The fourth-order valence-corrected chi connectivity index (χ4v) is 2.15. The van der Waals surface area contributed by atoms with Crippen molar-refractivity contribution in [3.8, 4) is 0 Å². The number of carbonyl (C=O) groups excluding carboxylic acids is 3. The first-order chi connectivity index (χ1) is 12.3. The molecule has 0 aromatic heterocycles. The highest BCUT2D eigenvalue weighted by Gasteiger charge is 2.32. The maximum atomic E-state index is 12.6. The summed E-state index contributed by atoms with van der Waals surface area (Å²) >= 11 is 0. The molecule has 27 heavy (non-hydrogen) atoms. The van der Waals surface area contributed by atoms with Crippen LogP contribution in [0.3, 0.4) is 0 Å². The Morgan fingerprint density at radius 2 is 1.11 bits per heavy atom. The Hall–Kier alpha value is -2.20. The molecule has 7 N–H and O–H groups in total. The highest BCUT2D eigenvalue weighted by atomic mass is 16.4. The quantitative estimate of drug-likeness (QED) is 0.266. The monoisotopic (exact) mass is 388 g/mol. The number of amides is 3. The van der Waals surface area contributed by atoms with Crippen LogP contribution in [0.2, 0.25) is 0 Å². The molecule has 0 radical (unpaired) electrons. The van der Waals surface area contributed by atoms with Gasteiger partial charge in [-0.15, -0.1) is 0 Å². The van der Waals surface area contributed by atoms with Crippen molar-refractivity contribution < 1.29 is 29.4 Å². The molecule has 5 atom stereocenters. The van der Waals surface area contributed by atoms with Crippen LogP contribution in [0.25, 0.3) is 0 Å². The second kappa shape index (κ2) is 10.8. The lowest BCUT2D eigenvalue weighted by Crippen LogP contribution is -2.60. The molecule has 10 heteroatoms. The van der Waals surface area contributed by atoms with Crippen molar-refractivity contribution in [2.24, 2.45) is 17.6 Å². The van der Waals surface area contributed by atoms with Gasteiger partial charge < -0.3 is 31.9 Å². The first-order valence-corrected chi connectivity index (χ1v) is 8.87. The fourth-order valence-electron chi connectivity index (χ4n) is 2.15. The van der Waals surface area contributed by atoms with Gasteiger partial charge in [-0.05, 0) is 25.7 Å². The molecule has 0 saturated carbocycles. The summed E-state index contributed by atoms with van der Waals surface area (Å²) in [5.41, 5.74) is 5.58. The Morgan fingerprint density at radius 1 is 0.741 bits per heavy atom. The number of rotatable bonds is 10. The molecule has 0 saturated heterocycles. The molecule has 10 nitrogen and oxygen atoms in total. The van der Waals surface area contributed by atoms with Gasteiger partial charge in [0.1, 0.15) is 24.2 Å². The van der Waals surface area contributed by atoms with E-state index >= 15 is 0 Å². The van der Waals surface area contributed by atoms with Gasteiger partial charge >= 0.3 is 5.97 Å². The van der Waals surface area contributed by atoms with E-state index in [1.54, 1.807) is 27.7 Å². The number of carboxylic acids is 1. The number of nitrogens with two attached hydrogens (primary N) is 1. The van der Waals surface area contributed by atoms with Crippen molar-refractivity contribution in [3.05, 3.63) is 0 Å². The van der Waals surface area contributed by atoms with Gasteiger partial charge in [-0.2, -0.15) is 0 Å². The van der Waals surface area contributed by atoms with Crippen molar-refractivity contribution >= 4 is 23.7 Å². The Bertz CT molecular complexity index is 550. The third kappa shape index (κ3) is 7.92. The van der Waals surface area contributed by atoms with Crippen LogP contribution in [-0.2, 0) is 19.2 Å². The zero-order valence-electron chi connectivity index (χ0n) is 16.6. The minimum atomic E-state index is -1.20. The first-order valence-electron chi connectivity index (χ1n) is 8.87. The van der Waals surface area contributed by atoms with Gasteiger partial charge in [0, 0.05) is 0 Å². The van der Waals surface area contributed by atoms with E-state index in [1.165, 1.54) is 13.8 Å². The number of hydrogen-bond acceptors (Lipinski definition) is 6. The second-order valence-corrected chi connectivity index (χ2v) is 7.30. The van der Waals surface area contributed by atoms with Gasteiger partial charge in [0.05, 0.1) is 6.10 Å². The molecule has 0 aliphatic rings. The third-order valence-electron chi connectivity index (χ3n) is 4.05. The lowest BCUT2D eigenvalue weighted by Gasteiger charge is -2.28. The van der Waals surface area contributed by atoms with Gasteiger partial charge in [0.15, 0.2) is 0 Å². The van der Waals surface area contributed by atoms with E-state index < -0.39 is 54.0 Å². The predicted molar refractivity (Wildman–Crippen MR) is 98.4 cm³/mol. The number of aliphatic hydroxyl groups excluding tert-OH is 1. The molecule has 0 spiro atoms. The number of carbonyl (C=O) groups is 4. The lowest BCUT2D eigenvalue weighted by atomic mass is 9.99. The highest BCUT2D eigenvalue weighted by Crippen LogP contribution is 2.07. The summed E-state index contributed by atoms with van der Waals surface area (Å²) in [6, 6.07) is -4.27. The van der Waals surface area contributed by atoms with E-state index in [-0.39, 0.29) is 11.8 Å². The highest BCUT2D eigenvalue weighted by molar-refractivity contribution is 5.94. The normalized spacial score (nSPS) is 16.8. The zero-order valence-corrected chi connectivity index (χ0v) is 16.6. The Balaban J connectivity index is 5.22.